The maximum Gasteiger partial charge on any atom is 0.265 e. The second kappa shape index (κ2) is 7.88. The van der Waals surface area contributed by atoms with E-state index in [1.54, 1.807) is 15.4 Å². The van der Waals surface area contributed by atoms with E-state index in [4.69, 9.17) is 9.72 Å². The van der Waals surface area contributed by atoms with Crippen LogP contribution in [0.4, 0.5) is 0 Å². The minimum Gasteiger partial charge on any atom is -0.376 e. The average Bonchev–Trinajstić information content (AvgIpc) is 3.47. The first-order valence-electron chi connectivity index (χ1n) is 10.2. The van der Waals surface area contributed by atoms with Crippen LogP contribution >= 0.6 is 11.8 Å². The van der Waals surface area contributed by atoms with Crippen LogP contribution < -0.4 is 10.9 Å². The fourth-order valence-electron chi connectivity index (χ4n) is 4.05. The summed E-state index contributed by atoms with van der Waals surface area (Å²) in [6, 6.07) is 7.71. The van der Waals surface area contributed by atoms with E-state index in [0.29, 0.717) is 28.5 Å². The Labute approximate surface area is 177 Å². The van der Waals surface area contributed by atoms with Crippen molar-refractivity contribution in [3.8, 4) is 5.69 Å². The molecular formula is C21H23N5O3S. The van der Waals surface area contributed by atoms with Gasteiger partial charge in [0.1, 0.15) is 5.39 Å². The van der Waals surface area contributed by atoms with E-state index in [1.807, 2.05) is 31.2 Å². The van der Waals surface area contributed by atoms with Gasteiger partial charge in [-0.3, -0.25) is 14.2 Å². The smallest absolute Gasteiger partial charge is 0.265 e. The lowest BCUT2D eigenvalue weighted by molar-refractivity contribution is -0.122. The van der Waals surface area contributed by atoms with Gasteiger partial charge in [-0.05, 0) is 37.5 Å². The van der Waals surface area contributed by atoms with Crippen molar-refractivity contribution >= 4 is 28.7 Å². The van der Waals surface area contributed by atoms with Gasteiger partial charge in [0.05, 0.1) is 24.0 Å². The second-order valence-electron chi connectivity index (χ2n) is 7.81. The van der Waals surface area contributed by atoms with Gasteiger partial charge in [0.15, 0.2) is 10.8 Å². The number of hydrogen-bond donors (Lipinski definition) is 1. The second-order valence-corrected chi connectivity index (χ2v) is 8.80. The van der Waals surface area contributed by atoms with E-state index < -0.39 is 0 Å². The van der Waals surface area contributed by atoms with E-state index in [9.17, 15) is 9.59 Å². The number of rotatable bonds is 5. The van der Waals surface area contributed by atoms with Crippen molar-refractivity contribution in [1.29, 1.82) is 0 Å². The fraction of sp³-hybridized carbons (Fsp3) is 0.429. The fourth-order valence-corrected chi connectivity index (χ4v) is 5.18. The lowest BCUT2D eigenvalue weighted by Crippen LogP contribution is -2.34. The minimum absolute atomic E-state index is 0.0635. The standard InChI is InChI=1S/C21H23N5O3S/c1-13-4-2-5-14(8-13)26-19-17(11-23-26)20(28)25-15(12-30-21(25)24-19)9-18(27)22-10-16-6-3-7-29-16/h2,4-5,8,11,15-16H,3,6-7,9-10,12H2,1H3,(H,22,27). The summed E-state index contributed by atoms with van der Waals surface area (Å²) in [5.74, 6) is 0.589. The molecule has 156 valence electrons. The molecule has 1 N–H and O–H groups in total. The molecule has 2 atom stereocenters. The van der Waals surface area contributed by atoms with Crippen LogP contribution in [0.2, 0.25) is 0 Å². The lowest BCUT2D eigenvalue weighted by Gasteiger charge is -2.15. The number of ether oxygens (including phenoxy) is 1. The van der Waals surface area contributed by atoms with Crippen LogP contribution in [0.3, 0.4) is 0 Å². The molecule has 1 fully saturated rings. The van der Waals surface area contributed by atoms with E-state index >= 15 is 0 Å². The number of nitrogens with one attached hydrogen (secondary N) is 1. The molecule has 3 aromatic rings. The Morgan fingerprint density at radius 2 is 2.30 bits per heavy atom. The van der Waals surface area contributed by atoms with Crippen LogP contribution in [0.15, 0.2) is 40.4 Å². The molecule has 2 aliphatic rings. The normalized spacial score (nSPS) is 20.6. The number of fused-ring (bicyclic) bond motifs is 2. The first-order chi connectivity index (χ1) is 14.6. The van der Waals surface area contributed by atoms with Crippen molar-refractivity contribution in [3.63, 3.8) is 0 Å². The molecule has 1 amide bonds. The molecule has 5 rings (SSSR count). The van der Waals surface area contributed by atoms with Gasteiger partial charge in [-0.15, -0.1) is 0 Å². The Morgan fingerprint density at radius 1 is 1.40 bits per heavy atom. The summed E-state index contributed by atoms with van der Waals surface area (Å²) >= 11 is 1.51. The predicted octanol–water partition coefficient (Wildman–Crippen LogP) is 2.22. The molecule has 4 heterocycles. The number of thioether (sulfide) groups is 1. The number of benzene rings is 1. The predicted molar refractivity (Wildman–Crippen MR) is 114 cm³/mol. The van der Waals surface area contributed by atoms with Crippen molar-refractivity contribution in [2.45, 2.75) is 43.5 Å². The average molecular weight is 426 g/mol. The minimum atomic E-state index is -0.207. The number of hydrogen-bond acceptors (Lipinski definition) is 6. The molecule has 2 unspecified atom stereocenters. The molecule has 30 heavy (non-hydrogen) atoms. The lowest BCUT2D eigenvalue weighted by atomic mass is 10.2. The van der Waals surface area contributed by atoms with Crippen molar-refractivity contribution in [2.24, 2.45) is 0 Å². The molecule has 0 radical (unpaired) electrons. The Morgan fingerprint density at radius 3 is 3.10 bits per heavy atom. The summed E-state index contributed by atoms with van der Waals surface area (Å²) in [6.07, 6.45) is 3.95. The van der Waals surface area contributed by atoms with Crippen LogP contribution in [-0.4, -0.2) is 50.2 Å². The largest absolute Gasteiger partial charge is 0.376 e. The number of aromatic nitrogens is 4. The highest BCUT2D eigenvalue weighted by Crippen LogP contribution is 2.33. The van der Waals surface area contributed by atoms with Crippen molar-refractivity contribution < 1.29 is 9.53 Å². The van der Waals surface area contributed by atoms with Crippen LogP contribution in [-0.2, 0) is 9.53 Å². The quantitative estimate of drug-likeness (QED) is 0.631. The third kappa shape index (κ3) is 3.52. The molecule has 0 spiro atoms. The van der Waals surface area contributed by atoms with Crippen molar-refractivity contribution in [1.82, 2.24) is 24.6 Å². The van der Waals surface area contributed by atoms with Crippen LogP contribution in [0.25, 0.3) is 16.7 Å². The van der Waals surface area contributed by atoms with Gasteiger partial charge >= 0.3 is 0 Å². The number of aryl methyl sites for hydroxylation is 1. The number of nitrogens with zero attached hydrogens (tertiary/aromatic N) is 4. The highest BCUT2D eigenvalue weighted by atomic mass is 32.2. The van der Waals surface area contributed by atoms with Gasteiger partial charge < -0.3 is 10.1 Å². The Hall–Kier alpha value is -2.65. The first-order valence-corrected chi connectivity index (χ1v) is 11.2. The van der Waals surface area contributed by atoms with E-state index in [-0.39, 0.29) is 30.0 Å². The third-order valence-corrected chi connectivity index (χ3v) is 6.69. The van der Waals surface area contributed by atoms with Crippen LogP contribution in [0.1, 0.15) is 30.9 Å². The monoisotopic (exact) mass is 425 g/mol. The number of carbonyl (C=O) groups is 1. The summed E-state index contributed by atoms with van der Waals surface area (Å²) in [6.45, 7) is 3.31. The van der Waals surface area contributed by atoms with Crippen LogP contribution in [0.5, 0.6) is 0 Å². The summed E-state index contributed by atoms with van der Waals surface area (Å²) in [5, 5.41) is 8.45. The summed E-state index contributed by atoms with van der Waals surface area (Å²) in [5.41, 5.74) is 2.39. The van der Waals surface area contributed by atoms with Gasteiger partial charge in [0.25, 0.3) is 5.56 Å². The Kier molecular flexibility index (Phi) is 5.08. The van der Waals surface area contributed by atoms with Gasteiger partial charge in [-0.25, -0.2) is 9.67 Å². The summed E-state index contributed by atoms with van der Waals surface area (Å²) < 4.78 is 8.90. The van der Waals surface area contributed by atoms with Gasteiger partial charge in [0, 0.05) is 25.3 Å². The van der Waals surface area contributed by atoms with Gasteiger partial charge in [-0.2, -0.15) is 5.10 Å². The molecule has 1 saturated heterocycles. The molecule has 8 nitrogen and oxygen atoms in total. The topological polar surface area (TPSA) is 91.0 Å². The molecular weight excluding hydrogens is 402 g/mol. The third-order valence-electron chi connectivity index (χ3n) is 5.59. The van der Waals surface area contributed by atoms with Gasteiger partial charge in [-0.1, -0.05) is 23.9 Å². The zero-order valence-corrected chi connectivity index (χ0v) is 17.5. The molecule has 0 aliphatic carbocycles. The number of amides is 1. The van der Waals surface area contributed by atoms with E-state index in [1.165, 1.54) is 11.8 Å². The highest BCUT2D eigenvalue weighted by Gasteiger charge is 2.30. The molecule has 9 heteroatoms. The summed E-state index contributed by atoms with van der Waals surface area (Å²) in [4.78, 5) is 30.4. The zero-order chi connectivity index (χ0) is 20.7. The SMILES string of the molecule is Cc1cccc(-n2ncc3c(=O)n4c(nc32)SCC4CC(=O)NCC2CCCO2)c1. The molecule has 2 aromatic heterocycles. The molecule has 0 bridgehead atoms. The maximum atomic E-state index is 13.2. The van der Waals surface area contributed by atoms with E-state index in [0.717, 1.165) is 30.7 Å². The van der Waals surface area contributed by atoms with Crippen molar-refractivity contribution in [2.75, 3.05) is 18.9 Å². The van der Waals surface area contributed by atoms with E-state index in [2.05, 4.69) is 10.4 Å². The maximum absolute atomic E-state index is 13.2. The first kappa shape index (κ1) is 19.3. The molecule has 2 aliphatic heterocycles. The van der Waals surface area contributed by atoms with Crippen molar-refractivity contribution in [3.05, 3.63) is 46.4 Å². The molecule has 0 saturated carbocycles. The highest BCUT2D eigenvalue weighted by molar-refractivity contribution is 7.99. The molecule has 1 aromatic carbocycles. The zero-order valence-electron chi connectivity index (χ0n) is 16.7. The Bertz CT molecular complexity index is 1170. The van der Waals surface area contributed by atoms with Gasteiger partial charge in [0.2, 0.25) is 5.91 Å². The Balaban J connectivity index is 1.40. The van der Waals surface area contributed by atoms with Crippen LogP contribution in [0, 0.1) is 6.92 Å². The number of carbonyl (C=O) groups excluding carboxylic acids is 1. The summed E-state index contributed by atoms with van der Waals surface area (Å²) in [7, 11) is 0.